The van der Waals surface area contributed by atoms with E-state index in [4.69, 9.17) is 4.42 Å². The van der Waals surface area contributed by atoms with Crippen LogP contribution in [0.2, 0.25) is 0 Å². The molecule has 32 heavy (non-hydrogen) atoms. The number of nitrogens with one attached hydrogen (secondary N) is 1. The van der Waals surface area contributed by atoms with Gasteiger partial charge in [-0.3, -0.25) is 4.79 Å². The van der Waals surface area contributed by atoms with E-state index < -0.39 is 0 Å². The van der Waals surface area contributed by atoms with Crippen LogP contribution in [0.5, 0.6) is 0 Å². The van der Waals surface area contributed by atoms with Crippen molar-refractivity contribution in [1.82, 2.24) is 5.43 Å². The second kappa shape index (κ2) is 8.67. The van der Waals surface area contributed by atoms with E-state index in [1.54, 1.807) is 12.3 Å². The normalized spacial score (nSPS) is 15.2. The number of nitrogens with zero attached hydrogens (tertiary/aromatic N) is 2. The van der Waals surface area contributed by atoms with Crippen molar-refractivity contribution < 1.29 is 9.21 Å². The van der Waals surface area contributed by atoms with Gasteiger partial charge in [-0.15, -0.1) is 0 Å². The summed E-state index contributed by atoms with van der Waals surface area (Å²) in [4.78, 5) is 15.0. The van der Waals surface area contributed by atoms with E-state index in [0.717, 1.165) is 31.1 Å². The molecule has 0 atom stereocenters. The number of amides is 1. The van der Waals surface area contributed by atoms with E-state index in [0.29, 0.717) is 5.58 Å². The third-order valence-electron chi connectivity index (χ3n) is 5.81. The molecule has 166 valence electrons. The minimum Gasteiger partial charge on any atom is -0.450 e. The van der Waals surface area contributed by atoms with Crippen molar-refractivity contribution in [3.8, 4) is 0 Å². The van der Waals surface area contributed by atoms with Crippen LogP contribution in [0.1, 0.15) is 54.9 Å². The summed E-state index contributed by atoms with van der Waals surface area (Å²) in [7, 11) is 0. The number of carbonyl (C=O) groups excluding carboxylic acids is 1. The number of aryl methyl sites for hydroxylation is 1. The Bertz CT molecular complexity index is 1290. The molecule has 7 heteroatoms. The number of allylic oxidation sites excluding steroid dienone is 1. The molecular weight excluding hydrogens is 581 g/mol. The number of benzene rings is 2. The molecule has 0 bridgehead atoms. The minimum atomic E-state index is -0.380. The molecule has 1 aromatic heterocycles. The van der Waals surface area contributed by atoms with Crippen LogP contribution in [0, 0.1) is 10.5 Å². The maximum atomic E-state index is 12.6. The quantitative estimate of drug-likeness (QED) is 0.200. The highest BCUT2D eigenvalue weighted by molar-refractivity contribution is 14.1. The molecule has 1 amide bonds. The molecule has 2 heterocycles. The number of rotatable bonds is 4. The third kappa shape index (κ3) is 4.24. The van der Waals surface area contributed by atoms with Crippen molar-refractivity contribution in [2.24, 2.45) is 5.10 Å². The molecule has 0 fully saturated rings. The standard InChI is InChI=1S/C25H25BrIN3O2/c1-6-30-21-7-14(2)17(9-19(21)15(3)12-25(30,4)5)13-28-29-24(31)22-10-16-8-18(26)11-20(27)23(16)32-22/h7-13H,6H2,1-5H3,(H,29,31)/b28-13-. The van der Waals surface area contributed by atoms with Gasteiger partial charge in [0, 0.05) is 27.7 Å². The zero-order valence-electron chi connectivity index (χ0n) is 18.7. The molecule has 0 unspecified atom stereocenters. The highest BCUT2D eigenvalue weighted by Gasteiger charge is 2.30. The molecule has 0 aliphatic carbocycles. The van der Waals surface area contributed by atoms with Crippen molar-refractivity contribution in [3.05, 3.63) is 66.9 Å². The number of fused-ring (bicyclic) bond motifs is 2. The SMILES string of the molecule is CCN1c2cc(C)c(/C=N\NC(=O)c3cc4cc(Br)cc(I)c4o3)cc2C(C)=CC1(C)C. The van der Waals surface area contributed by atoms with Crippen molar-refractivity contribution >= 4 is 72.9 Å². The lowest BCUT2D eigenvalue weighted by molar-refractivity contribution is 0.0929. The van der Waals surface area contributed by atoms with E-state index in [1.807, 2.05) is 12.1 Å². The van der Waals surface area contributed by atoms with Crippen LogP contribution in [-0.2, 0) is 0 Å². The predicted octanol–water partition coefficient (Wildman–Crippen LogP) is 6.89. The average molecular weight is 606 g/mol. The Balaban J connectivity index is 1.57. The Hall–Kier alpha value is -2.13. The molecule has 0 saturated carbocycles. The summed E-state index contributed by atoms with van der Waals surface area (Å²) in [5.74, 6) is -0.148. The molecular formula is C25H25BrIN3O2. The molecule has 1 N–H and O–H groups in total. The molecule has 0 spiro atoms. The lowest BCUT2D eigenvalue weighted by Crippen LogP contribution is -2.45. The molecule has 5 nitrogen and oxygen atoms in total. The fraction of sp³-hybridized carbons (Fsp3) is 0.280. The first-order valence-corrected chi connectivity index (χ1v) is 12.3. The van der Waals surface area contributed by atoms with Crippen LogP contribution < -0.4 is 10.3 Å². The minimum absolute atomic E-state index is 0.0260. The van der Waals surface area contributed by atoms with Gasteiger partial charge in [-0.1, -0.05) is 22.0 Å². The number of hydrazone groups is 1. The number of anilines is 1. The van der Waals surface area contributed by atoms with Crippen LogP contribution in [-0.4, -0.2) is 24.2 Å². The van der Waals surface area contributed by atoms with E-state index in [-0.39, 0.29) is 17.2 Å². The molecule has 0 saturated heterocycles. The van der Waals surface area contributed by atoms with Gasteiger partial charge in [0.1, 0.15) is 5.58 Å². The Morgan fingerprint density at radius 2 is 2.00 bits per heavy atom. The second-order valence-corrected chi connectivity index (χ2v) is 10.6. The van der Waals surface area contributed by atoms with Gasteiger partial charge in [0.2, 0.25) is 0 Å². The number of halogens is 2. The zero-order valence-corrected chi connectivity index (χ0v) is 22.5. The summed E-state index contributed by atoms with van der Waals surface area (Å²) in [6, 6.07) is 9.95. The lowest BCUT2D eigenvalue weighted by atomic mass is 9.87. The smallest absolute Gasteiger partial charge is 0.307 e. The van der Waals surface area contributed by atoms with E-state index in [2.05, 4.69) is 107 Å². The van der Waals surface area contributed by atoms with Crippen LogP contribution in [0.4, 0.5) is 5.69 Å². The van der Waals surface area contributed by atoms with E-state index in [9.17, 15) is 4.79 Å². The summed E-state index contributed by atoms with van der Waals surface area (Å²) in [6.45, 7) is 11.8. The Morgan fingerprint density at radius 1 is 1.25 bits per heavy atom. The summed E-state index contributed by atoms with van der Waals surface area (Å²) in [5.41, 5.74) is 9.01. The van der Waals surface area contributed by atoms with E-state index >= 15 is 0 Å². The van der Waals surface area contributed by atoms with Gasteiger partial charge in [-0.25, -0.2) is 5.43 Å². The molecule has 0 radical (unpaired) electrons. The van der Waals surface area contributed by atoms with Crippen molar-refractivity contribution in [2.45, 2.75) is 40.2 Å². The Morgan fingerprint density at radius 3 is 2.72 bits per heavy atom. The van der Waals surface area contributed by atoms with Gasteiger partial charge in [0.25, 0.3) is 0 Å². The highest BCUT2D eigenvalue weighted by atomic mass is 127. The summed E-state index contributed by atoms with van der Waals surface area (Å²) >= 11 is 5.66. The number of likely N-dealkylation sites (N-methyl/N-ethyl adjacent to an activating group) is 1. The number of furan rings is 1. The predicted molar refractivity (Wildman–Crippen MR) is 144 cm³/mol. The summed E-state index contributed by atoms with van der Waals surface area (Å²) in [6.07, 6.45) is 4.00. The van der Waals surface area contributed by atoms with Gasteiger partial charge in [0.05, 0.1) is 15.3 Å². The number of hydrogen-bond acceptors (Lipinski definition) is 4. The Labute approximate surface area is 210 Å². The fourth-order valence-corrected chi connectivity index (χ4v) is 6.03. The molecule has 1 aliphatic heterocycles. The monoisotopic (exact) mass is 605 g/mol. The Kier molecular flexibility index (Phi) is 6.24. The van der Waals surface area contributed by atoms with Crippen molar-refractivity contribution in [3.63, 3.8) is 0 Å². The maximum absolute atomic E-state index is 12.6. The lowest BCUT2D eigenvalue weighted by Gasteiger charge is -2.43. The maximum Gasteiger partial charge on any atom is 0.307 e. The molecule has 4 rings (SSSR count). The molecule has 3 aromatic rings. The molecule has 2 aromatic carbocycles. The van der Waals surface area contributed by atoms with Gasteiger partial charge in [-0.05, 0) is 104 Å². The topological polar surface area (TPSA) is 57.8 Å². The van der Waals surface area contributed by atoms with E-state index in [1.165, 1.54) is 16.8 Å². The average Bonchev–Trinajstić information content (AvgIpc) is 3.13. The van der Waals surface area contributed by atoms with Crippen molar-refractivity contribution in [1.29, 1.82) is 0 Å². The fourth-order valence-electron chi connectivity index (χ4n) is 4.36. The first-order chi connectivity index (χ1) is 15.1. The van der Waals surface area contributed by atoms with Crippen LogP contribution in [0.25, 0.3) is 16.5 Å². The van der Waals surface area contributed by atoms with Gasteiger partial charge >= 0.3 is 5.91 Å². The van der Waals surface area contributed by atoms with Gasteiger partial charge in [-0.2, -0.15) is 5.10 Å². The first kappa shape index (κ1) is 23.0. The largest absolute Gasteiger partial charge is 0.450 e. The summed E-state index contributed by atoms with van der Waals surface area (Å²) in [5, 5.41) is 5.07. The van der Waals surface area contributed by atoms with Gasteiger partial charge < -0.3 is 9.32 Å². The van der Waals surface area contributed by atoms with Gasteiger partial charge in [0.15, 0.2) is 5.76 Å². The third-order valence-corrected chi connectivity index (χ3v) is 7.07. The number of carbonyl (C=O) groups is 1. The van der Waals surface area contributed by atoms with Crippen LogP contribution >= 0.6 is 38.5 Å². The first-order valence-electron chi connectivity index (χ1n) is 10.4. The molecule has 1 aliphatic rings. The summed E-state index contributed by atoms with van der Waals surface area (Å²) < 4.78 is 7.63. The zero-order chi connectivity index (χ0) is 23.2. The highest BCUT2D eigenvalue weighted by Crippen LogP contribution is 2.39. The van der Waals surface area contributed by atoms with Crippen molar-refractivity contribution in [2.75, 3.05) is 11.4 Å². The van der Waals surface area contributed by atoms with Crippen LogP contribution in [0.15, 0.2) is 50.4 Å². The van der Waals surface area contributed by atoms with Crippen LogP contribution in [0.3, 0.4) is 0 Å². The second-order valence-electron chi connectivity index (χ2n) is 8.57. The number of hydrogen-bond donors (Lipinski definition) is 1.